The third-order valence-corrected chi connectivity index (χ3v) is 2.54. The molecule has 4 N–H and O–H groups in total. The van der Waals surface area contributed by atoms with Crippen LogP contribution in [-0.2, 0) is 0 Å². The van der Waals surface area contributed by atoms with Crippen molar-refractivity contribution < 1.29 is 0 Å². The molecule has 0 saturated carbocycles. The number of hydrogen-bond donors (Lipinski definition) is 2. The van der Waals surface area contributed by atoms with Crippen molar-refractivity contribution in [1.29, 1.82) is 0 Å². The van der Waals surface area contributed by atoms with E-state index in [1.807, 2.05) is 5.01 Å². The molecule has 1 rings (SSSR count). The number of guanidine groups is 1. The lowest BCUT2D eigenvalue weighted by Gasteiger charge is -2.29. The van der Waals surface area contributed by atoms with Crippen LogP contribution in [-0.4, -0.2) is 24.1 Å². The Balaban J connectivity index is 2.26. The molecule has 0 radical (unpaired) electrons. The quantitative estimate of drug-likeness (QED) is 0.501. The Bertz CT molecular complexity index is 166. The van der Waals surface area contributed by atoms with E-state index in [0.717, 1.165) is 19.0 Å². The maximum absolute atomic E-state index is 5.30. The summed E-state index contributed by atoms with van der Waals surface area (Å²) in [7, 11) is 0. The van der Waals surface area contributed by atoms with Gasteiger partial charge in [-0.15, -0.1) is 5.10 Å². The molecule has 0 aromatic heterocycles. The van der Waals surface area contributed by atoms with Crippen molar-refractivity contribution >= 4 is 5.96 Å². The van der Waals surface area contributed by atoms with Crippen LogP contribution >= 0.6 is 0 Å². The van der Waals surface area contributed by atoms with Crippen LogP contribution in [0, 0.1) is 5.92 Å². The molecule has 0 atom stereocenters. The van der Waals surface area contributed by atoms with Gasteiger partial charge in [-0.3, -0.25) is 5.01 Å². The molecule has 0 bridgehead atoms. The molecule has 1 heterocycles. The number of nitrogens with zero attached hydrogens (tertiary/aromatic N) is 2. The molecule has 0 aliphatic carbocycles. The minimum Gasteiger partial charge on any atom is -0.369 e. The largest absolute Gasteiger partial charge is 0.369 e. The van der Waals surface area contributed by atoms with E-state index in [1.54, 1.807) is 0 Å². The van der Waals surface area contributed by atoms with Crippen molar-refractivity contribution in [2.75, 3.05) is 13.1 Å². The van der Waals surface area contributed by atoms with E-state index in [2.05, 4.69) is 12.0 Å². The number of hydrogen-bond acceptors (Lipinski definition) is 2. The minimum absolute atomic E-state index is 0.175. The van der Waals surface area contributed by atoms with Crippen molar-refractivity contribution in [3.8, 4) is 0 Å². The van der Waals surface area contributed by atoms with Crippen LogP contribution in [0.2, 0.25) is 0 Å². The van der Waals surface area contributed by atoms with Crippen molar-refractivity contribution in [2.24, 2.45) is 22.5 Å². The molecule has 1 aliphatic rings. The average molecular weight is 184 g/mol. The van der Waals surface area contributed by atoms with Gasteiger partial charge in [0.2, 0.25) is 5.96 Å². The molecular formula is C9H20N4. The Morgan fingerprint density at radius 3 is 2.46 bits per heavy atom. The topological polar surface area (TPSA) is 67.6 Å². The average Bonchev–Trinajstić information content (AvgIpc) is 2.08. The van der Waals surface area contributed by atoms with Gasteiger partial charge in [-0.1, -0.05) is 19.8 Å². The van der Waals surface area contributed by atoms with Gasteiger partial charge in [-0.25, -0.2) is 0 Å². The van der Waals surface area contributed by atoms with Crippen molar-refractivity contribution in [3.63, 3.8) is 0 Å². The van der Waals surface area contributed by atoms with E-state index in [9.17, 15) is 0 Å². The predicted octanol–water partition coefficient (Wildman–Crippen LogP) is 0.687. The first-order valence-electron chi connectivity index (χ1n) is 5.07. The number of rotatable bonds is 3. The van der Waals surface area contributed by atoms with E-state index < -0.39 is 0 Å². The number of piperidine rings is 1. The normalized spacial score (nSPS) is 18.7. The summed E-state index contributed by atoms with van der Waals surface area (Å²) < 4.78 is 0. The summed E-state index contributed by atoms with van der Waals surface area (Å²) in [6.45, 7) is 4.24. The highest BCUT2D eigenvalue weighted by molar-refractivity contribution is 5.75. The third kappa shape index (κ3) is 3.53. The maximum atomic E-state index is 5.30. The van der Waals surface area contributed by atoms with Gasteiger partial charge in [-0.2, -0.15) is 0 Å². The Hall–Kier alpha value is -0.930. The first-order valence-corrected chi connectivity index (χ1v) is 5.07. The van der Waals surface area contributed by atoms with E-state index in [4.69, 9.17) is 11.5 Å². The van der Waals surface area contributed by atoms with Gasteiger partial charge in [0, 0.05) is 13.1 Å². The molecule has 0 spiro atoms. The van der Waals surface area contributed by atoms with Crippen LogP contribution in [0.1, 0.15) is 32.6 Å². The molecule has 4 nitrogen and oxygen atoms in total. The smallest absolute Gasteiger partial charge is 0.208 e. The highest BCUT2D eigenvalue weighted by Crippen LogP contribution is 2.21. The van der Waals surface area contributed by atoms with E-state index in [-0.39, 0.29) is 5.96 Å². The van der Waals surface area contributed by atoms with E-state index in [1.165, 1.54) is 25.7 Å². The fourth-order valence-electron chi connectivity index (χ4n) is 1.88. The Morgan fingerprint density at radius 1 is 1.38 bits per heavy atom. The van der Waals surface area contributed by atoms with Gasteiger partial charge in [-0.05, 0) is 18.8 Å². The van der Waals surface area contributed by atoms with Gasteiger partial charge in [0.1, 0.15) is 0 Å². The first-order chi connectivity index (χ1) is 6.22. The van der Waals surface area contributed by atoms with Crippen molar-refractivity contribution in [1.82, 2.24) is 5.01 Å². The molecule has 4 heteroatoms. The summed E-state index contributed by atoms with van der Waals surface area (Å²) in [5.41, 5.74) is 10.6. The van der Waals surface area contributed by atoms with Gasteiger partial charge in [0.15, 0.2) is 0 Å². The fraction of sp³-hybridized carbons (Fsp3) is 0.889. The van der Waals surface area contributed by atoms with Crippen LogP contribution in [0.5, 0.6) is 0 Å². The van der Waals surface area contributed by atoms with Crippen LogP contribution in [0.15, 0.2) is 5.10 Å². The summed E-state index contributed by atoms with van der Waals surface area (Å²) in [5, 5.41) is 6.01. The lowest BCUT2D eigenvalue weighted by molar-refractivity contribution is 0.184. The second-order valence-electron chi connectivity index (χ2n) is 3.71. The molecule has 1 fully saturated rings. The standard InChI is InChI=1S/C9H20N4/c1-2-3-8-4-6-13(7-5-8)12-9(10)11/h8H,2-7H2,1H3,(H4,10,11,12). The van der Waals surface area contributed by atoms with Gasteiger partial charge >= 0.3 is 0 Å². The monoisotopic (exact) mass is 184 g/mol. The Morgan fingerprint density at radius 2 is 2.00 bits per heavy atom. The highest BCUT2D eigenvalue weighted by atomic mass is 15.5. The number of nitrogens with two attached hydrogens (primary N) is 2. The maximum Gasteiger partial charge on any atom is 0.208 e. The van der Waals surface area contributed by atoms with Crippen molar-refractivity contribution in [3.05, 3.63) is 0 Å². The third-order valence-electron chi connectivity index (χ3n) is 2.54. The highest BCUT2D eigenvalue weighted by Gasteiger charge is 2.16. The Labute approximate surface area is 80.0 Å². The van der Waals surface area contributed by atoms with Gasteiger partial charge in [0.25, 0.3) is 0 Å². The SMILES string of the molecule is CCCC1CCN(N=C(N)N)CC1. The molecule has 0 amide bonds. The summed E-state index contributed by atoms with van der Waals surface area (Å²) in [5.74, 6) is 1.06. The minimum atomic E-state index is 0.175. The molecule has 1 aliphatic heterocycles. The summed E-state index contributed by atoms with van der Waals surface area (Å²) in [6, 6.07) is 0. The van der Waals surface area contributed by atoms with Crippen molar-refractivity contribution in [2.45, 2.75) is 32.6 Å². The van der Waals surface area contributed by atoms with Crippen LogP contribution in [0.25, 0.3) is 0 Å². The summed E-state index contributed by atoms with van der Waals surface area (Å²) in [4.78, 5) is 0. The molecule has 76 valence electrons. The van der Waals surface area contributed by atoms with E-state index >= 15 is 0 Å². The zero-order chi connectivity index (χ0) is 9.68. The van der Waals surface area contributed by atoms with Gasteiger partial charge < -0.3 is 11.5 Å². The molecule has 0 aromatic rings. The second-order valence-corrected chi connectivity index (χ2v) is 3.71. The van der Waals surface area contributed by atoms with E-state index in [0.29, 0.717) is 0 Å². The number of hydrazone groups is 1. The predicted molar refractivity (Wildman–Crippen MR) is 55.0 cm³/mol. The van der Waals surface area contributed by atoms with Crippen LogP contribution < -0.4 is 11.5 Å². The summed E-state index contributed by atoms with van der Waals surface area (Å²) >= 11 is 0. The zero-order valence-electron chi connectivity index (χ0n) is 8.37. The molecular weight excluding hydrogens is 164 g/mol. The second kappa shape index (κ2) is 4.94. The molecule has 13 heavy (non-hydrogen) atoms. The lowest BCUT2D eigenvalue weighted by atomic mass is 9.93. The Kier molecular flexibility index (Phi) is 3.86. The van der Waals surface area contributed by atoms with Crippen LogP contribution in [0.3, 0.4) is 0 Å². The van der Waals surface area contributed by atoms with Crippen LogP contribution in [0.4, 0.5) is 0 Å². The fourth-order valence-corrected chi connectivity index (χ4v) is 1.88. The first kappa shape index (κ1) is 10.2. The van der Waals surface area contributed by atoms with Gasteiger partial charge in [0.05, 0.1) is 0 Å². The summed E-state index contributed by atoms with van der Waals surface area (Å²) in [6.07, 6.45) is 5.08. The lowest BCUT2D eigenvalue weighted by Crippen LogP contribution is -2.34. The zero-order valence-corrected chi connectivity index (χ0v) is 8.37. The molecule has 1 saturated heterocycles. The molecule has 0 unspecified atom stereocenters. The molecule has 0 aromatic carbocycles.